The number of nitrogens with zero attached hydrogens (tertiary/aromatic N) is 4. The van der Waals surface area contributed by atoms with Crippen LogP contribution in [0.4, 0.5) is 4.79 Å². The molecule has 1 aliphatic heterocycles. The molecule has 5 rings (SSSR count). The fraction of sp³-hybridized carbons (Fsp3) is 0.375. The van der Waals surface area contributed by atoms with Crippen molar-refractivity contribution in [2.75, 3.05) is 14.1 Å². The number of carbonyl (C=O) groups excluding carboxylic acids is 2. The van der Waals surface area contributed by atoms with Crippen LogP contribution in [0.25, 0.3) is 11.0 Å². The molecule has 1 N–H and O–H groups in total. The Morgan fingerprint density at radius 1 is 1.12 bits per heavy atom. The molecular weight excluding hydrogens is 454 g/mol. The van der Waals surface area contributed by atoms with Crippen molar-refractivity contribution in [2.45, 2.75) is 49.7 Å². The molecule has 3 aromatic rings. The van der Waals surface area contributed by atoms with Crippen LogP contribution in [0.3, 0.4) is 0 Å². The molecule has 2 aliphatic rings. The average molecular weight is 482 g/mol. The molecule has 0 bridgehead atoms. The normalized spacial score (nSPS) is 20.4. The Hall–Kier alpha value is -3.24. The van der Waals surface area contributed by atoms with Crippen LogP contribution in [0, 0.1) is 0 Å². The van der Waals surface area contributed by atoms with Gasteiger partial charge in [-0.1, -0.05) is 24.3 Å². The zero-order valence-corrected chi connectivity index (χ0v) is 20.2. The van der Waals surface area contributed by atoms with Crippen LogP contribution in [0.2, 0.25) is 0 Å². The third-order valence-electron chi connectivity index (χ3n) is 6.87. The van der Waals surface area contributed by atoms with Crippen molar-refractivity contribution in [3.63, 3.8) is 0 Å². The van der Waals surface area contributed by atoms with Gasteiger partial charge in [0, 0.05) is 27.1 Å². The summed E-state index contributed by atoms with van der Waals surface area (Å²) in [5.41, 5.74) is 2.63. The van der Waals surface area contributed by atoms with Crippen LogP contribution >= 0.6 is 0 Å². The SMILES string of the molecule is CCn1c(CN2C(=O)NC3(CCc4ccccc4C3)C2=O)nc2cc(S(=O)(=O)N(C)C)ccc21. The highest BCUT2D eigenvalue weighted by molar-refractivity contribution is 7.89. The summed E-state index contributed by atoms with van der Waals surface area (Å²) in [5, 5.41) is 2.96. The van der Waals surface area contributed by atoms with E-state index < -0.39 is 21.6 Å². The molecule has 0 saturated carbocycles. The minimum atomic E-state index is -3.61. The van der Waals surface area contributed by atoms with Crippen molar-refractivity contribution in [3.05, 3.63) is 59.4 Å². The second-order valence-corrected chi connectivity index (χ2v) is 11.2. The van der Waals surface area contributed by atoms with Crippen molar-refractivity contribution in [2.24, 2.45) is 0 Å². The van der Waals surface area contributed by atoms with Gasteiger partial charge in [0.05, 0.1) is 22.5 Å². The smallest absolute Gasteiger partial charge is 0.325 e. The molecule has 3 amide bonds. The molecule has 10 heteroatoms. The van der Waals surface area contributed by atoms with Crippen LogP contribution < -0.4 is 5.32 Å². The molecule has 178 valence electrons. The van der Waals surface area contributed by atoms with E-state index in [1.807, 2.05) is 29.7 Å². The van der Waals surface area contributed by atoms with Crippen LogP contribution in [0.1, 0.15) is 30.3 Å². The average Bonchev–Trinajstić information content (AvgIpc) is 3.27. The first kappa shape index (κ1) is 22.5. The molecule has 2 aromatic carbocycles. The summed E-state index contributed by atoms with van der Waals surface area (Å²) < 4.78 is 28.2. The van der Waals surface area contributed by atoms with Gasteiger partial charge >= 0.3 is 6.03 Å². The van der Waals surface area contributed by atoms with Gasteiger partial charge in [-0.05, 0) is 49.1 Å². The molecule has 1 aromatic heterocycles. The van der Waals surface area contributed by atoms with Crippen LogP contribution in [-0.4, -0.2) is 58.7 Å². The van der Waals surface area contributed by atoms with Gasteiger partial charge in [0.2, 0.25) is 10.0 Å². The number of sulfonamides is 1. The van der Waals surface area contributed by atoms with E-state index in [0.29, 0.717) is 30.7 Å². The van der Waals surface area contributed by atoms with Crippen molar-refractivity contribution >= 4 is 33.0 Å². The molecule has 2 heterocycles. The molecule has 34 heavy (non-hydrogen) atoms. The molecule has 1 unspecified atom stereocenters. The third-order valence-corrected chi connectivity index (χ3v) is 8.68. The van der Waals surface area contributed by atoms with Gasteiger partial charge in [-0.3, -0.25) is 9.69 Å². The van der Waals surface area contributed by atoms with Crippen LogP contribution in [0.5, 0.6) is 0 Å². The Kier molecular flexibility index (Phi) is 5.25. The number of hydrogen-bond donors (Lipinski definition) is 1. The highest BCUT2D eigenvalue weighted by Gasteiger charge is 2.52. The Bertz CT molecular complexity index is 1430. The van der Waals surface area contributed by atoms with Gasteiger partial charge in [-0.25, -0.2) is 22.5 Å². The topological polar surface area (TPSA) is 105 Å². The zero-order valence-electron chi connectivity index (χ0n) is 19.4. The van der Waals surface area contributed by atoms with E-state index in [4.69, 9.17) is 0 Å². The Morgan fingerprint density at radius 3 is 2.56 bits per heavy atom. The number of nitrogens with one attached hydrogen (secondary N) is 1. The van der Waals surface area contributed by atoms with Gasteiger partial charge in [-0.2, -0.15) is 0 Å². The summed E-state index contributed by atoms with van der Waals surface area (Å²) in [6.45, 7) is 2.53. The molecule has 1 saturated heterocycles. The Morgan fingerprint density at radius 2 is 1.85 bits per heavy atom. The highest BCUT2D eigenvalue weighted by Crippen LogP contribution is 2.34. The van der Waals surface area contributed by atoms with E-state index in [1.54, 1.807) is 12.1 Å². The second kappa shape index (κ2) is 7.92. The Balaban J connectivity index is 1.47. The molecule has 9 nitrogen and oxygen atoms in total. The van der Waals surface area contributed by atoms with E-state index in [1.165, 1.54) is 30.6 Å². The molecule has 0 radical (unpaired) electrons. The van der Waals surface area contributed by atoms with E-state index in [-0.39, 0.29) is 17.3 Å². The maximum atomic E-state index is 13.5. The third kappa shape index (κ3) is 3.40. The van der Waals surface area contributed by atoms with Gasteiger partial charge in [0.25, 0.3) is 5.91 Å². The fourth-order valence-electron chi connectivity index (χ4n) is 4.99. The maximum absolute atomic E-state index is 13.5. The Labute approximate surface area is 198 Å². The quantitative estimate of drug-likeness (QED) is 0.563. The first-order chi connectivity index (χ1) is 16.2. The van der Waals surface area contributed by atoms with Crippen molar-refractivity contribution < 1.29 is 18.0 Å². The summed E-state index contributed by atoms with van der Waals surface area (Å²) in [7, 11) is -0.649. The number of aryl methyl sites for hydroxylation is 2. The van der Waals surface area contributed by atoms with Crippen LogP contribution in [0.15, 0.2) is 47.4 Å². The number of imidazole rings is 1. The van der Waals surface area contributed by atoms with E-state index >= 15 is 0 Å². The van der Waals surface area contributed by atoms with Gasteiger partial charge < -0.3 is 9.88 Å². The number of rotatable bonds is 5. The van der Waals surface area contributed by atoms with Gasteiger partial charge in [-0.15, -0.1) is 0 Å². The second-order valence-electron chi connectivity index (χ2n) is 9.06. The lowest BCUT2D eigenvalue weighted by Gasteiger charge is -2.32. The predicted molar refractivity (Wildman–Crippen MR) is 127 cm³/mol. The summed E-state index contributed by atoms with van der Waals surface area (Å²) in [6.07, 6.45) is 1.76. The van der Waals surface area contributed by atoms with E-state index in [2.05, 4.69) is 16.4 Å². The van der Waals surface area contributed by atoms with E-state index in [0.717, 1.165) is 21.8 Å². The van der Waals surface area contributed by atoms with Crippen molar-refractivity contribution in [1.82, 2.24) is 24.1 Å². The van der Waals surface area contributed by atoms with Gasteiger partial charge in [0.1, 0.15) is 11.4 Å². The first-order valence-electron chi connectivity index (χ1n) is 11.3. The number of aromatic nitrogens is 2. The number of hydrogen-bond acceptors (Lipinski definition) is 5. The standard InChI is InChI=1S/C24H27N5O4S/c1-4-28-20-10-9-18(34(32,33)27(2)3)13-19(20)25-21(28)15-29-22(30)24(26-23(29)31)12-11-16-7-5-6-8-17(16)14-24/h5-10,13H,4,11-12,14-15H2,1-3H3,(H,26,31). The molecule has 1 atom stereocenters. The number of amides is 3. The summed E-state index contributed by atoms with van der Waals surface area (Å²) in [4.78, 5) is 32.4. The molecular formula is C24H27N5O4S. The minimum Gasteiger partial charge on any atom is -0.327 e. The largest absolute Gasteiger partial charge is 0.327 e. The highest BCUT2D eigenvalue weighted by atomic mass is 32.2. The summed E-state index contributed by atoms with van der Waals surface area (Å²) in [5.74, 6) is 0.297. The number of carbonyl (C=O) groups is 2. The molecule has 1 aliphatic carbocycles. The van der Waals surface area contributed by atoms with Crippen molar-refractivity contribution in [1.29, 1.82) is 0 Å². The summed E-state index contributed by atoms with van der Waals surface area (Å²) in [6, 6.07) is 12.4. The fourth-order valence-corrected chi connectivity index (χ4v) is 5.91. The maximum Gasteiger partial charge on any atom is 0.325 e. The summed E-state index contributed by atoms with van der Waals surface area (Å²) >= 11 is 0. The molecule has 1 fully saturated rings. The van der Waals surface area contributed by atoms with E-state index in [9.17, 15) is 18.0 Å². The number of imide groups is 1. The zero-order chi connectivity index (χ0) is 24.3. The minimum absolute atomic E-state index is 0.0202. The van der Waals surface area contributed by atoms with Crippen LogP contribution in [-0.2, 0) is 40.7 Å². The predicted octanol–water partition coefficient (Wildman–Crippen LogP) is 2.29. The lowest BCUT2D eigenvalue weighted by molar-refractivity contribution is -0.132. The van der Waals surface area contributed by atoms with Crippen molar-refractivity contribution in [3.8, 4) is 0 Å². The number of benzene rings is 2. The lowest BCUT2D eigenvalue weighted by Crippen LogP contribution is -2.51. The lowest BCUT2D eigenvalue weighted by atomic mass is 9.78. The molecule has 1 spiro atoms. The number of urea groups is 1. The first-order valence-corrected chi connectivity index (χ1v) is 12.7. The van der Waals surface area contributed by atoms with Gasteiger partial charge in [0.15, 0.2) is 0 Å². The monoisotopic (exact) mass is 481 g/mol. The number of fused-ring (bicyclic) bond motifs is 2.